The number of likely N-dealkylation sites (N-methyl/N-ethyl adjacent to an activating group) is 1. The Balaban J connectivity index is 2.54. The van der Waals surface area contributed by atoms with Crippen LogP contribution in [-0.2, 0) is 9.47 Å². The summed E-state index contributed by atoms with van der Waals surface area (Å²) in [5, 5.41) is 3.39. The Labute approximate surface area is 111 Å². The van der Waals surface area contributed by atoms with Gasteiger partial charge in [0.1, 0.15) is 0 Å². The molecule has 0 spiro atoms. The van der Waals surface area contributed by atoms with E-state index in [-0.39, 0.29) is 6.10 Å². The second-order valence-corrected chi connectivity index (χ2v) is 4.78. The smallest absolute Gasteiger partial charge is 0.0945 e. The molecule has 2 atom stereocenters. The Morgan fingerprint density at radius 2 is 2.22 bits per heavy atom. The molecule has 0 aromatic rings. The predicted octanol–water partition coefficient (Wildman–Crippen LogP) is 1.75. The SMILES string of the molecule is C/C=C(\C=C(/C)OC)N(C)CC1CNCC(C)O1. The number of rotatable bonds is 5. The molecule has 0 amide bonds. The van der Waals surface area contributed by atoms with E-state index in [4.69, 9.17) is 9.47 Å². The fourth-order valence-electron chi connectivity index (χ4n) is 2.07. The summed E-state index contributed by atoms with van der Waals surface area (Å²) < 4.78 is 11.1. The Morgan fingerprint density at radius 3 is 2.78 bits per heavy atom. The highest BCUT2D eigenvalue weighted by Crippen LogP contribution is 2.11. The maximum Gasteiger partial charge on any atom is 0.0945 e. The maximum atomic E-state index is 5.90. The highest BCUT2D eigenvalue weighted by atomic mass is 16.5. The van der Waals surface area contributed by atoms with Gasteiger partial charge in [-0.05, 0) is 26.8 Å². The maximum absolute atomic E-state index is 5.90. The van der Waals surface area contributed by atoms with E-state index in [0.29, 0.717) is 6.10 Å². The van der Waals surface area contributed by atoms with E-state index in [1.54, 1.807) is 7.11 Å². The summed E-state index contributed by atoms with van der Waals surface area (Å²) in [5.41, 5.74) is 1.15. The molecule has 1 N–H and O–H groups in total. The van der Waals surface area contributed by atoms with Gasteiger partial charge in [0.15, 0.2) is 0 Å². The Bertz CT molecular complexity index is 313. The summed E-state index contributed by atoms with van der Waals surface area (Å²) in [6.45, 7) is 8.83. The number of hydrogen-bond acceptors (Lipinski definition) is 4. The van der Waals surface area contributed by atoms with Gasteiger partial charge >= 0.3 is 0 Å². The topological polar surface area (TPSA) is 33.7 Å². The van der Waals surface area contributed by atoms with Crippen molar-refractivity contribution in [3.05, 3.63) is 23.6 Å². The van der Waals surface area contributed by atoms with E-state index in [9.17, 15) is 0 Å². The Morgan fingerprint density at radius 1 is 1.50 bits per heavy atom. The fraction of sp³-hybridized carbons (Fsp3) is 0.714. The molecule has 0 aromatic carbocycles. The number of methoxy groups -OCH3 is 1. The van der Waals surface area contributed by atoms with Crippen molar-refractivity contribution in [2.45, 2.75) is 33.0 Å². The number of morpholine rings is 1. The number of ether oxygens (including phenoxy) is 2. The molecular weight excluding hydrogens is 228 g/mol. The molecule has 0 radical (unpaired) electrons. The average Bonchev–Trinajstić information content (AvgIpc) is 2.35. The monoisotopic (exact) mass is 254 g/mol. The van der Waals surface area contributed by atoms with Gasteiger partial charge in [0.2, 0.25) is 0 Å². The van der Waals surface area contributed by atoms with Crippen LogP contribution in [-0.4, -0.2) is 50.9 Å². The molecule has 4 nitrogen and oxygen atoms in total. The molecule has 0 saturated carbocycles. The van der Waals surface area contributed by atoms with Gasteiger partial charge in [0.05, 0.1) is 25.1 Å². The van der Waals surface area contributed by atoms with Crippen molar-refractivity contribution in [2.24, 2.45) is 0 Å². The van der Waals surface area contributed by atoms with Gasteiger partial charge in [-0.25, -0.2) is 0 Å². The molecular formula is C14H26N2O2. The third kappa shape index (κ3) is 4.70. The molecule has 1 saturated heterocycles. The first-order chi connectivity index (χ1) is 8.56. The lowest BCUT2D eigenvalue weighted by Gasteiger charge is -2.32. The first-order valence-electron chi connectivity index (χ1n) is 6.52. The summed E-state index contributed by atoms with van der Waals surface area (Å²) in [6.07, 6.45) is 4.66. The lowest BCUT2D eigenvalue weighted by molar-refractivity contribution is -0.0358. The first kappa shape index (κ1) is 15.1. The molecule has 2 unspecified atom stereocenters. The van der Waals surface area contributed by atoms with Crippen LogP contribution in [0.3, 0.4) is 0 Å². The van der Waals surface area contributed by atoms with E-state index < -0.39 is 0 Å². The van der Waals surface area contributed by atoms with E-state index >= 15 is 0 Å². The minimum atomic E-state index is 0.241. The van der Waals surface area contributed by atoms with Crippen molar-refractivity contribution in [3.8, 4) is 0 Å². The van der Waals surface area contributed by atoms with Crippen LogP contribution in [0.5, 0.6) is 0 Å². The Kier molecular flexibility index (Phi) is 6.22. The van der Waals surface area contributed by atoms with Crippen LogP contribution in [0, 0.1) is 0 Å². The van der Waals surface area contributed by atoms with Crippen molar-refractivity contribution in [1.82, 2.24) is 10.2 Å². The molecule has 4 heteroatoms. The zero-order valence-electron chi connectivity index (χ0n) is 12.2. The van der Waals surface area contributed by atoms with Gasteiger partial charge in [-0.1, -0.05) is 6.08 Å². The molecule has 0 bridgehead atoms. The van der Waals surface area contributed by atoms with Crippen molar-refractivity contribution in [3.63, 3.8) is 0 Å². The van der Waals surface area contributed by atoms with Crippen LogP contribution in [0.4, 0.5) is 0 Å². The molecule has 0 aliphatic carbocycles. The lowest BCUT2D eigenvalue weighted by Crippen LogP contribution is -2.47. The third-order valence-electron chi connectivity index (χ3n) is 3.12. The first-order valence-corrected chi connectivity index (χ1v) is 6.52. The van der Waals surface area contributed by atoms with Gasteiger partial charge in [-0.3, -0.25) is 0 Å². The van der Waals surface area contributed by atoms with E-state index in [0.717, 1.165) is 31.1 Å². The van der Waals surface area contributed by atoms with Gasteiger partial charge < -0.3 is 19.7 Å². The van der Waals surface area contributed by atoms with Gasteiger partial charge in [0.25, 0.3) is 0 Å². The van der Waals surface area contributed by atoms with Crippen molar-refractivity contribution in [2.75, 3.05) is 33.8 Å². The van der Waals surface area contributed by atoms with Crippen molar-refractivity contribution in [1.29, 1.82) is 0 Å². The van der Waals surface area contributed by atoms with Gasteiger partial charge in [-0.2, -0.15) is 0 Å². The van der Waals surface area contributed by atoms with E-state index in [1.165, 1.54) is 0 Å². The summed E-state index contributed by atoms with van der Waals surface area (Å²) in [4.78, 5) is 2.20. The number of nitrogens with one attached hydrogen (secondary N) is 1. The number of hydrogen-bond donors (Lipinski definition) is 1. The van der Waals surface area contributed by atoms with Crippen LogP contribution in [0.2, 0.25) is 0 Å². The highest BCUT2D eigenvalue weighted by Gasteiger charge is 2.20. The van der Waals surface area contributed by atoms with Crippen LogP contribution < -0.4 is 5.32 Å². The summed E-state index contributed by atoms with van der Waals surface area (Å²) in [5.74, 6) is 0.908. The number of nitrogens with zero attached hydrogens (tertiary/aromatic N) is 1. The third-order valence-corrected chi connectivity index (χ3v) is 3.12. The molecule has 104 valence electrons. The minimum absolute atomic E-state index is 0.241. The predicted molar refractivity (Wildman–Crippen MR) is 74.4 cm³/mol. The average molecular weight is 254 g/mol. The zero-order valence-corrected chi connectivity index (χ0v) is 12.2. The molecule has 0 aromatic heterocycles. The number of allylic oxidation sites excluding steroid dienone is 3. The highest BCUT2D eigenvalue weighted by molar-refractivity contribution is 5.18. The normalized spacial score (nSPS) is 26.1. The van der Waals surface area contributed by atoms with Crippen LogP contribution in [0.15, 0.2) is 23.6 Å². The molecule has 1 rings (SSSR count). The van der Waals surface area contributed by atoms with Crippen LogP contribution in [0.1, 0.15) is 20.8 Å². The molecule has 18 heavy (non-hydrogen) atoms. The fourth-order valence-corrected chi connectivity index (χ4v) is 2.07. The van der Waals surface area contributed by atoms with Crippen LogP contribution >= 0.6 is 0 Å². The summed E-state index contributed by atoms with van der Waals surface area (Å²) in [7, 11) is 3.77. The molecule has 1 fully saturated rings. The quantitative estimate of drug-likeness (QED) is 0.598. The second-order valence-electron chi connectivity index (χ2n) is 4.78. The van der Waals surface area contributed by atoms with Crippen molar-refractivity contribution < 1.29 is 9.47 Å². The van der Waals surface area contributed by atoms with Gasteiger partial charge in [0, 0.05) is 32.4 Å². The minimum Gasteiger partial charge on any atom is -0.501 e. The van der Waals surface area contributed by atoms with E-state index in [1.807, 2.05) is 19.9 Å². The molecule has 1 aliphatic heterocycles. The lowest BCUT2D eigenvalue weighted by atomic mass is 10.2. The van der Waals surface area contributed by atoms with E-state index in [2.05, 4.69) is 30.3 Å². The summed E-state index contributed by atoms with van der Waals surface area (Å²) in [6, 6.07) is 0. The largest absolute Gasteiger partial charge is 0.501 e. The Hall–Kier alpha value is -1.00. The standard InChI is InChI=1S/C14H26N2O2/c1-6-13(7-11(2)17-5)16(4)10-14-9-15-8-12(3)18-14/h6-7,12,14-15H,8-10H2,1-5H3/b11-7+,13-6+. The molecule has 1 aliphatic rings. The second kappa shape index (κ2) is 7.44. The van der Waals surface area contributed by atoms with Crippen molar-refractivity contribution >= 4 is 0 Å². The van der Waals surface area contributed by atoms with Crippen LogP contribution in [0.25, 0.3) is 0 Å². The summed E-state index contributed by atoms with van der Waals surface area (Å²) >= 11 is 0. The van der Waals surface area contributed by atoms with Gasteiger partial charge in [-0.15, -0.1) is 0 Å². The zero-order chi connectivity index (χ0) is 13.5. The molecule has 1 heterocycles.